The molecule has 0 amide bonds. The van der Waals surface area contributed by atoms with Crippen molar-refractivity contribution in [3.63, 3.8) is 0 Å². The number of nitrogens with one attached hydrogen (secondary N) is 1. The van der Waals surface area contributed by atoms with E-state index in [0.717, 1.165) is 6.42 Å². The second-order valence-corrected chi connectivity index (χ2v) is 6.07. The normalized spacial score (nSPS) is 13.3. The number of imidazole rings is 1. The van der Waals surface area contributed by atoms with Crippen molar-refractivity contribution in [1.29, 1.82) is 0 Å². The van der Waals surface area contributed by atoms with E-state index in [0.29, 0.717) is 12.4 Å². The van der Waals surface area contributed by atoms with Crippen LogP contribution in [0.1, 0.15) is 25.6 Å². The fraction of sp³-hybridized carbons (Fsp3) is 0.636. The molecule has 1 aromatic rings. The van der Waals surface area contributed by atoms with E-state index in [1.807, 2.05) is 6.92 Å². The van der Waals surface area contributed by atoms with Crippen molar-refractivity contribution < 1.29 is 23.4 Å². The number of aromatic nitrogens is 2. The van der Waals surface area contributed by atoms with Crippen molar-refractivity contribution in [2.75, 3.05) is 6.54 Å². The van der Waals surface area contributed by atoms with Gasteiger partial charge in [-0.05, 0) is 19.8 Å². The fourth-order valence-corrected chi connectivity index (χ4v) is 2.66. The van der Waals surface area contributed by atoms with Crippen LogP contribution in [0.15, 0.2) is 11.2 Å². The van der Waals surface area contributed by atoms with Gasteiger partial charge in [-0.2, -0.15) is 0 Å². The first-order valence-electron chi connectivity index (χ1n) is 6.22. The van der Waals surface area contributed by atoms with Crippen molar-refractivity contribution in [3.8, 4) is 0 Å². The summed E-state index contributed by atoms with van der Waals surface area (Å²) in [4.78, 5) is 14.4. The molecule has 0 spiro atoms. The standard InChI is InChI=1S/C11H19N3O5S/c1-3-6-14-7-10(13-8(14)2)20(18,19)12-5-4-9(15)11(16)17/h7,9,12,15H,3-6H2,1-2H3,(H,16,17). The Morgan fingerprint density at radius 3 is 2.75 bits per heavy atom. The number of carbonyl (C=O) groups is 1. The van der Waals surface area contributed by atoms with Crippen LogP contribution in [-0.4, -0.2) is 46.8 Å². The molecule has 3 N–H and O–H groups in total. The summed E-state index contributed by atoms with van der Waals surface area (Å²) in [5, 5.41) is 17.4. The highest BCUT2D eigenvalue weighted by molar-refractivity contribution is 7.89. The van der Waals surface area contributed by atoms with Gasteiger partial charge in [0, 0.05) is 19.3 Å². The summed E-state index contributed by atoms with van der Waals surface area (Å²) in [6.07, 6.45) is 0.504. The van der Waals surface area contributed by atoms with Gasteiger partial charge in [-0.3, -0.25) is 0 Å². The summed E-state index contributed by atoms with van der Waals surface area (Å²) in [5.74, 6) is -0.787. The van der Waals surface area contributed by atoms with Crippen LogP contribution < -0.4 is 4.72 Å². The first kappa shape index (κ1) is 16.6. The molecule has 0 radical (unpaired) electrons. The average Bonchev–Trinajstić information content (AvgIpc) is 2.72. The number of aliphatic hydroxyl groups is 1. The number of aliphatic hydroxyl groups excluding tert-OH is 1. The summed E-state index contributed by atoms with van der Waals surface area (Å²) < 4.78 is 27.8. The van der Waals surface area contributed by atoms with E-state index < -0.39 is 22.1 Å². The summed E-state index contributed by atoms with van der Waals surface area (Å²) in [6, 6.07) is 0. The lowest BCUT2D eigenvalue weighted by Gasteiger charge is -2.06. The van der Waals surface area contributed by atoms with Crippen molar-refractivity contribution in [2.24, 2.45) is 0 Å². The second-order valence-electron chi connectivity index (χ2n) is 4.36. The van der Waals surface area contributed by atoms with E-state index in [1.165, 1.54) is 6.20 Å². The van der Waals surface area contributed by atoms with Gasteiger partial charge in [0.25, 0.3) is 10.0 Å². The van der Waals surface area contributed by atoms with Crippen LogP contribution >= 0.6 is 0 Å². The van der Waals surface area contributed by atoms with E-state index >= 15 is 0 Å². The molecule has 1 aromatic heterocycles. The average molecular weight is 305 g/mol. The van der Waals surface area contributed by atoms with Crippen LogP contribution in [0.5, 0.6) is 0 Å². The maximum atomic E-state index is 11.9. The monoisotopic (exact) mass is 305 g/mol. The van der Waals surface area contributed by atoms with Crippen molar-refractivity contribution in [1.82, 2.24) is 14.3 Å². The number of hydrogen-bond acceptors (Lipinski definition) is 5. The van der Waals surface area contributed by atoms with E-state index in [4.69, 9.17) is 10.2 Å². The minimum absolute atomic E-state index is 0.103. The number of sulfonamides is 1. The summed E-state index contributed by atoms with van der Waals surface area (Å²) in [6.45, 7) is 4.18. The molecule has 114 valence electrons. The molecule has 0 aliphatic heterocycles. The Hall–Kier alpha value is -1.45. The molecule has 20 heavy (non-hydrogen) atoms. The molecule has 0 fully saturated rings. The van der Waals surface area contributed by atoms with Gasteiger partial charge in [-0.15, -0.1) is 0 Å². The van der Waals surface area contributed by atoms with Crippen LogP contribution in [0.2, 0.25) is 0 Å². The number of carboxylic acids is 1. The first-order valence-corrected chi connectivity index (χ1v) is 7.70. The summed E-state index contributed by atoms with van der Waals surface area (Å²) in [5.41, 5.74) is 0. The number of hydrogen-bond donors (Lipinski definition) is 3. The molecule has 1 heterocycles. The minimum atomic E-state index is -3.79. The number of nitrogens with zero attached hydrogens (tertiary/aromatic N) is 2. The van der Waals surface area contributed by atoms with E-state index in [9.17, 15) is 13.2 Å². The molecule has 1 rings (SSSR count). The number of aryl methyl sites for hydroxylation is 2. The third-order valence-corrected chi connectivity index (χ3v) is 4.02. The third-order valence-electron chi connectivity index (χ3n) is 2.69. The molecular formula is C11H19N3O5S. The van der Waals surface area contributed by atoms with Gasteiger partial charge in [0.2, 0.25) is 0 Å². The highest BCUT2D eigenvalue weighted by Crippen LogP contribution is 2.09. The zero-order valence-electron chi connectivity index (χ0n) is 11.4. The van der Waals surface area contributed by atoms with E-state index in [-0.39, 0.29) is 18.0 Å². The summed E-state index contributed by atoms with van der Waals surface area (Å²) >= 11 is 0. The van der Waals surface area contributed by atoms with Crippen LogP contribution in [0.25, 0.3) is 0 Å². The maximum Gasteiger partial charge on any atom is 0.332 e. The minimum Gasteiger partial charge on any atom is -0.479 e. The molecule has 1 unspecified atom stereocenters. The lowest BCUT2D eigenvalue weighted by atomic mass is 10.3. The molecule has 0 aliphatic carbocycles. The van der Waals surface area contributed by atoms with Crippen molar-refractivity contribution in [3.05, 3.63) is 12.0 Å². The van der Waals surface area contributed by atoms with Crippen molar-refractivity contribution in [2.45, 2.75) is 44.4 Å². The third kappa shape index (κ3) is 4.29. The Kier molecular flexibility index (Phi) is 5.66. The van der Waals surface area contributed by atoms with Gasteiger partial charge in [0.1, 0.15) is 5.82 Å². The molecule has 0 saturated carbocycles. The molecule has 0 bridgehead atoms. The molecule has 1 atom stereocenters. The highest BCUT2D eigenvalue weighted by Gasteiger charge is 2.20. The predicted molar refractivity (Wildman–Crippen MR) is 70.7 cm³/mol. The van der Waals surface area contributed by atoms with Gasteiger partial charge in [-0.25, -0.2) is 22.9 Å². The quantitative estimate of drug-likeness (QED) is 0.607. The Bertz CT molecular complexity index is 567. The van der Waals surface area contributed by atoms with Gasteiger partial charge >= 0.3 is 5.97 Å². The maximum absolute atomic E-state index is 11.9. The topological polar surface area (TPSA) is 122 Å². The molecule has 0 saturated heterocycles. The molecule has 0 aliphatic rings. The van der Waals surface area contributed by atoms with Crippen LogP contribution in [0.4, 0.5) is 0 Å². The highest BCUT2D eigenvalue weighted by atomic mass is 32.2. The zero-order chi connectivity index (χ0) is 15.3. The summed E-state index contributed by atoms with van der Waals surface area (Å²) in [7, 11) is -3.79. The van der Waals surface area contributed by atoms with Gasteiger partial charge < -0.3 is 14.8 Å². The van der Waals surface area contributed by atoms with Crippen LogP contribution in [0, 0.1) is 6.92 Å². The zero-order valence-corrected chi connectivity index (χ0v) is 12.2. The fourth-order valence-electron chi connectivity index (χ4n) is 1.60. The Morgan fingerprint density at radius 1 is 1.55 bits per heavy atom. The number of carboxylic acid groups (broad SMARTS) is 1. The molecule has 0 aromatic carbocycles. The van der Waals surface area contributed by atoms with E-state index in [1.54, 1.807) is 11.5 Å². The molecule has 8 nitrogen and oxygen atoms in total. The van der Waals surface area contributed by atoms with Gasteiger partial charge in [0.05, 0.1) is 0 Å². The Balaban J connectivity index is 2.69. The largest absolute Gasteiger partial charge is 0.479 e. The van der Waals surface area contributed by atoms with Gasteiger partial charge in [-0.1, -0.05) is 6.92 Å². The van der Waals surface area contributed by atoms with Crippen molar-refractivity contribution >= 4 is 16.0 Å². The molecule has 9 heteroatoms. The molecular weight excluding hydrogens is 286 g/mol. The lowest BCUT2D eigenvalue weighted by Crippen LogP contribution is -2.30. The predicted octanol–water partition coefficient (Wildman–Crippen LogP) is -0.285. The second kappa shape index (κ2) is 6.82. The lowest BCUT2D eigenvalue weighted by molar-refractivity contribution is -0.146. The Labute approximate surface area is 117 Å². The number of rotatable bonds is 8. The van der Waals surface area contributed by atoms with Crippen LogP contribution in [-0.2, 0) is 21.4 Å². The smallest absolute Gasteiger partial charge is 0.332 e. The Morgan fingerprint density at radius 2 is 2.20 bits per heavy atom. The number of aliphatic carboxylic acids is 1. The van der Waals surface area contributed by atoms with Gasteiger partial charge in [0.15, 0.2) is 11.1 Å². The first-order chi connectivity index (χ1) is 9.27. The van der Waals surface area contributed by atoms with Crippen LogP contribution in [0.3, 0.4) is 0 Å². The van der Waals surface area contributed by atoms with E-state index in [2.05, 4.69) is 9.71 Å². The SMILES string of the molecule is CCCn1cc(S(=O)(=O)NCCC(O)C(=O)O)nc1C.